The first-order valence-corrected chi connectivity index (χ1v) is 10.5. The lowest BCUT2D eigenvalue weighted by atomic mass is 10.0. The Morgan fingerprint density at radius 1 is 1.34 bits per heavy atom. The standard InChI is InChI=1S/C21H31N5O2S/c1-16(27)26(20-15-23-21(29)24(20)2)12-7-6-11-25-13-10-22-14-18(25)17-8-4-5-9-19(17)28-3/h4-5,8-9,15,18,22H,6-7,10-14H2,1-3H3,(H,23,29). The number of carbonyl (C=O) groups excluding carboxylic acids is 1. The first-order valence-electron chi connectivity index (χ1n) is 10.1. The molecule has 0 spiro atoms. The number of methoxy groups -OCH3 is 1. The van der Waals surface area contributed by atoms with Crippen LogP contribution in [0, 0.1) is 4.77 Å². The summed E-state index contributed by atoms with van der Waals surface area (Å²) in [5.74, 6) is 1.79. The van der Waals surface area contributed by atoms with Crippen LogP contribution in [-0.2, 0) is 11.8 Å². The third-order valence-corrected chi connectivity index (χ3v) is 5.95. The minimum atomic E-state index is 0.0312. The van der Waals surface area contributed by atoms with Crippen LogP contribution in [0.15, 0.2) is 30.5 Å². The minimum absolute atomic E-state index is 0.0312. The Labute approximate surface area is 177 Å². The van der Waals surface area contributed by atoms with Gasteiger partial charge in [-0.05, 0) is 37.7 Å². The molecule has 0 bridgehead atoms. The number of carbonyl (C=O) groups is 1. The third-order valence-electron chi connectivity index (χ3n) is 5.56. The highest BCUT2D eigenvalue weighted by Crippen LogP contribution is 2.30. The summed E-state index contributed by atoms with van der Waals surface area (Å²) in [5.41, 5.74) is 1.23. The second kappa shape index (κ2) is 10.0. The Bertz CT molecular complexity index is 878. The van der Waals surface area contributed by atoms with Gasteiger partial charge in [-0.1, -0.05) is 18.2 Å². The Morgan fingerprint density at radius 2 is 2.14 bits per heavy atom. The molecule has 2 heterocycles. The van der Waals surface area contributed by atoms with E-state index in [2.05, 4.69) is 27.3 Å². The number of hydrogen-bond acceptors (Lipinski definition) is 5. The SMILES string of the molecule is COc1ccccc1C1CNCCN1CCCCN(C(C)=O)c1c[nH]c(=S)n1C. The van der Waals surface area contributed by atoms with Crippen molar-refractivity contribution in [1.82, 2.24) is 19.8 Å². The molecule has 29 heavy (non-hydrogen) atoms. The van der Waals surface area contributed by atoms with Crippen LogP contribution in [-0.4, -0.2) is 60.2 Å². The highest BCUT2D eigenvalue weighted by Gasteiger charge is 2.25. The van der Waals surface area contributed by atoms with Crippen molar-refractivity contribution in [2.45, 2.75) is 25.8 Å². The van der Waals surface area contributed by atoms with E-state index >= 15 is 0 Å². The zero-order valence-corrected chi connectivity index (χ0v) is 18.3. The monoisotopic (exact) mass is 417 g/mol. The molecule has 1 unspecified atom stereocenters. The number of imidazole rings is 1. The fourth-order valence-corrected chi connectivity index (χ4v) is 4.12. The summed E-state index contributed by atoms with van der Waals surface area (Å²) >= 11 is 5.23. The van der Waals surface area contributed by atoms with Gasteiger partial charge in [-0.3, -0.25) is 14.6 Å². The lowest BCUT2D eigenvalue weighted by Gasteiger charge is -2.37. The van der Waals surface area contributed by atoms with E-state index in [1.807, 2.05) is 23.7 Å². The van der Waals surface area contributed by atoms with Crippen molar-refractivity contribution in [2.24, 2.45) is 7.05 Å². The van der Waals surface area contributed by atoms with Gasteiger partial charge in [0.15, 0.2) is 4.77 Å². The molecule has 1 aromatic heterocycles. The summed E-state index contributed by atoms with van der Waals surface area (Å²) in [4.78, 5) is 19.5. The topological polar surface area (TPSA) is 65.5 Å². The molecular weight excluding hydrogens is 386 g/mol. The number of para-hydroxylation sites is 1. The zero-order chi connectivity index (χ0) is 20.8. The molecule has 7 nitrogen and oxygen atoms in total. The molecular formula is C21H31N5O2S. The summed E-state index contributed by atoms with van der Waals surface area (Å²) in [5, 5.41) is 3.50. The third kappa shape index (κ3) is 5.07. The Morgan fingerprint density at radius 3 is 2.83 bits per heavy atom. The minimum Gasteiger partial charge on any atom is -0.496 e. The first kappa shape index (κ1) is 21.5. The molecule has 1 amide bonds. The van der Waals surface area contributed by atoms with E-state index in [9.17, 15) is 4.79 Å². The van der Waals surface area contributed by atoms with Crippen LogP contribution < -0.4 is 15.0 Å². The molecule has 8 heteroatoms. The van der Waals surface area contributed by atoms with Crippen LogP contribution in [0.2, 0.25) is 0 Å². The van der Waals surface area contributed by atoms with Crippen molar-refractivity contribution in [1.29, 1.82) is 0 Å². The maximum absolute atomic E-state index is 12.1. The lowest BCUT2D eigenvalue weighted by Crippen LogP contribution is -2.46. The van der Waals surface area contributed by atoms with Crippen molar-refractivity contribution in [2.75, 3.05) is 44.7 Å². The smallest absolute Gasteiger partial charge is 0.225 e. The quantitative estimate of drug-likeness (QED) is 0.511. The number of H-pyrrole nitrogens is 1. The molecule has 2 N–H and O–H groups in total. The number of amides is 1. The Balaban J connectivity index is 1.60. The van der Waals surface area contributed by atoms with Gasteiger partial charge < -0.3 is 19.6 Å². The number of rotatable bonds is 8. The van der Waals surface area contributed by atoms with E-state index in [1.54, 1.807) is 25.1 Å². The van der Waals surface area contributed by atoms with E-state index in [4.69, 9.17) is 17.0 Å². The molecule has 1 saturated heterocycles. The van der Waals surface area contributed by atoms with Crippen molar-refractivity contribution in [3.05, 3.63) is 40.8 Å². The second-order valence-electron chi connectivity index (χ2n) is 7.39. The summed E-state index contributed by atoms with van der Waals surface area (Å²) in [6, 6.07) is 8.55. The van der Waals surface area contributed by atoms with Gasteiger partial charge in [0.2, 0.25) is 5.91 Å². The summed E-state index contributed by atoms with van der Waals surface area (Å²) in [6.07, 6.45) is 3.75. The lowest BCUT2D eigenvalue weighted by molar-refractivity contribution is -0.116. The van der Waals surface area contributed by atoms with Crippen LogP contribution in [0.4, 0.5) is 5.82 Å². The van der Waals surface area contributed by atoms with E-state index in [-0.39, 0.29) is 5.91 Å². The van der Waals surface area contributed by atoms with E-state index in [0.717, 1.165) is 50.6 Å². The number of aromatic amines is 1. The number of hydrogen-bond donors (Lipinski definition) is 2. The van der Waals surface area contributed by atoms with Gasteiger partial charge in [0.25, 0.3) is 0 Å². The van der Waals surface area contributed by atoms with Gasteiger partial charge >= 0.3 is 0 Å². The van der Waals surface area contributed by atoms with Crippen molar-refractivity contribution in [3.63, 3.8) is 0 Å². The summed E-state index contributed by atoms with van der Waals surface area (Å²) < 4.78 is 8.04. The van der Waals surface area contributed by atoms with E-state index < -0.39 is 0 Å². The van der Waals surface area contributed by atoms with E-state index in [0.29, 0.717) is 17.4 Å². The van der Waals surface area contributed by atoms with Crippen LogP contribution in [0.3, 0.4) is 0 Å². The average Bonchev–Trinajstić information content (AvgIpc) is 3.06. The van der Waals surface area contributed by atoms with Gasteiger partial charge in [0.1, 0.15) is 11.6 Å². The number of unbranched alkanes of at least 4 members (excludes halogenated alkanes) is 1. The number of ether oxygens (including phenoxy) is 1. The van der Waals surface area contributed by atoms with Crippen LogP contribution in [0.5, 0.6) is 5.75 Å². The predicted molar refractivity (Wildman–Crippen MR) is 118 cm³/mol. The van der Waals surface area contributed by atoms with E-state index in [1.165, 1.54) is 5.56 Å². The molecule has 1 atom stereocenters. The number of benzene rings is 1. The van der Waals surface area contributed by atoms with Crippen LogP contribution >= 0.6 is 12.2 Å². The maximum atomic E-state index is 12.1. The predicted octanol–water partition coefficient (Wildman–Crippen LogP) is 2.87. The molecule has 158 valence electrons. The molecule has 1 aliphatic heterocycles. The summed E-state index contributed by atoms with van der Waals surface area (Å²) in [7, 11) is 3.60. The summed E-state index contributed by atoms with van der Waals surface area (Å²) in [6.45, 7) is 6.19. The molecule has 3 rings (SSSR count). The largest absolute Gasteiger partial charge is 0.496 e. The molecule has 1 fully saturated rings. The molecule has 0 aliphatic carbocycles. The van der Waals surface area contributed by atoms with Gasteiger partial charge in [-0.25, -0.2) is 0 Å². The van der Waals surface area contributed by atoms with Crippen molar-refractivity contribution < 1.29 is 9.53 Å². The maximum Gasteiger partial charge on any atom is 0.225 e. The number of nitrogens with one attached hydrogen (secondary N) is 2. The zero-order valence-electron chi connectivity index (χ0n) is 17.5. The van der Waals surface area contributed by atoms with Crippen LogP contribution in [0.25, 0.3) is 0 Å². The molecule has 0 saturated carbocycles. The Hall–Kier alpha value is -2.16. The number of nitrogens with zero attached hydrogens (tertiary/aromatic N) is 3. The van der Waals surface area contributed by atoms with Crippen molar-refractivity contribution in [3.8, 4) is 5.75 Å². The van der Waals surface area contributed by atoms with Gasteiger partial charge in [0, 0.05) is 51.9 Å². The average molecular weight is 418 g/mol. The number of aromatic nitrogens is 2. The Kier molecular flexibility index (Phi) is 7.46. The normalized spacial score (nSPS) is 17.3. The number of piperazine rings is 1. The molecule has 1 aromatic carbocycles. The van der Waals surface area contributed by atoms with Crippen LogP contribution in [0.1, 0.15) is 31.4 Å². The molecule has 1 aliphatic rings. The second-order valence-corrected chi connectivity index (χ2v) is 7.77. The first-order chi connectivity index (χ1) is 14.0. The highest BCUT2D eigenvalue weighted by molar-refractivity contribution is 7.71. The van der Waals surface area contributed by atoms with Crippen molar-refractivity contribution >= 4 is 23.9 Å². The van der Waals surface area contributed by atoms with Gasteiger partial charge in [-0.2, -0.15) is 0 Å². The molecule has 0 radical (unpaired) electrons. The highest BCUT2D eigenvalue weighted by atomic mass is 32.1. The number of anilines is 1. The fraction of sp³-hybridized carbons (Fsp3) is 0.524. The molecule has 2 aromatic rings. The fourth-order valence-electron chi connectivity index (χ4n) is 3.96. The van der Waals surface area contributed by atoms with Gasteiger partial charge in [0.05, 0.1) is 13.2 Å². The van der Waals surface area contributed by atoms with Gasteiger partial charge in [-0.15, -0.1) is 0 Å².